The molecule has 3 aromatic rings. The van der Waals surface area contributed by atoms with Crippen LogP contribution in [0.3, 0.4) is 0 Å². The fraction of sp³-hybridized carbons (Fsp3) is 0. The van der Waals surface area contributed by atoms with Crippen LogP contribution >= 0.6 is 0 Å². The van der Waals surface area contributed by atoms with Crippen LogP contribution in [0.15, 0.2) is 83.9 Å². The predicted octanol–water partition coefficient (Wildman–Crippen LogP) is 4.32. The molecule has 0 radical (unpaired) electrons. The Balaban J connectivity index is 1.91. The molecular formula is C21H13N3O. The predicted molar refractivity (Wildman–Crippen MR) is 97.6 cm³/mol. The SMILES string of the molecule is N#Cc1ccc(N=C2C(c3ccccc3)=[N+]([O-])c3ccccc32)cc1. The van der Waals surface area contributed by atoms with Gasteiger partial charge in [-0.2, -0.15) is 10.0 Å². The van der Waals surface area contributed by atoms with Gasteiger partial charge in [0.2, 0.25) is 5.69 Å². The van der Waals surface area contributed by atoms with E-state index in [1.165, 1.54) is 0 Å². The third kappa shape index (κ3) is 2.58. The lowest BCUT2D eigenvalue weighted by molar-refractivity contribution is -0.355. The lowest BCUT2D eigenvalue weighted by Crippen LogP contribution is -2.17. The van der Waals surface area contributed by atoms with Crippen LogP contribution in [0.1, 0.15) is 16.7 Å². The summed E-state index contributed by atoms with van der Waals surface area (Å²) in [6, 6.07) is 26.1. The molecular weight excluding hydrogens is 310 g/mol. The van der Waals surface area contributed by atoms with Crippen LogP contribution in [0.25, 0.3) is 0 Å². The second-order valence-corrected chi connectivity index (χ2v) is 5.65. The number of hydrogen-bond donors (Lipinski definition) is 0. The number of aliphatic imine (C=N–C) groups is 1. The smallest absolute Gasteiger partial charge is 0.251 e. The van der Waals surface area contributed by atoms with Gasteiger partial charge < -0.3 is 5.21 Å². The van der Waals surface area contributed by atoms with Crippen molar-refractivity contribution in [2.75, 3.05) is 0 Å². The van der Waals surface area contributed by atoms with Gasteiger partial charge in [0.1, 0.15) is 0 Å². The third-order valence-corrected chi connectivity index (χ3v) is 4.09. The highest BCUT2D eigenvalue weighted by Crippen LogP contribution is 2.30. The highest BCUT2D eigenvalue weighted by atomic mass is 16.5. The van der Waals surface area contributed by atoms with E-state index in [4.69, 9.17) is 10.3 Å². The van der Waals surface area contributed by atoms with E-state index in [1.54, 1.807) is 30.3 Å². The lowest BCUT2D eigenvalue weighted by Gasteiger charge is -2.03. The van der Waals surface area contributed by atoms with E-state index in [2.05, 4.69) is 6.07 Å². The molecule has 1 aliphatic heterocycles. The number of fused-ring (bicyclic) bond motifs is 1. The zero-order valence-corrected chi connectivity index (χ0v) is 13.3. The largest absolute Gasteiger partial charge is 0.618 e. The maximum absolute atomic E-state index is 12.9. The summed E-state index contributed by atoms with van der Waals surface area (Å²) >= 11 is 0. The van der Waals surface area contributed by atoms with Crippen molar-refractivity contribution in [2.45, 2.75) is 0 Å². The van der Waals surface area contributed by atoms with Crippen LogP contribution < -0.4 is 0 Å². The molecule has 0 aliphatic carbocycles. The van der Waals surface area contributed by atoms with Gasteiger partial charge in [0.25, 0.3) is 5.71 Å². The van der Waals surface area contributed by atoms with Crippen LogP contribution in [-0.2, 0) is 0 Å². The standard InChI is InChI=1S/C21H13N3O/c22-14-15-10-12-17(13-11-15)23-20-18-8-4-5-9-19(18)24(25)21(20)16-6-2-1-3-7-16/h1-13H. The summed E-state index contributed by atoms with van der Waals surface area (Å²) < 4.78 is 0.938. The second kappa shape index (κ2) is 6.06. The van der Waals surface area contributed by atoms with Crippen molar-refractivity contribution in [3.63, 3.8) is 0 Å². The van der Waals surface area contributed by atoms with Gasteiger partial charge in [-0.05, 0) is 42.5 Å². The molecule has 0 fully saturated rings. The summed E-state index contributed by atoms with van der Waals surface area (Å²) in [5.41, 5.74) is 4.67. The first-order chi connectivity index (χ1) is 12.3. The highest BCUT2D eigenvalue weighted by molar-refractivity contribution is 6.54. The average molecular weight is 323 g/mol. The number of rotatable bonds is 2. The molecule has 0 spiro atoms. The van der Waals surface area contributed by atoms with Gasteiger partial charge in [-0.1, -0.05) is 30.3 Å². The number of hydrogen-bond acceptors (Lipinski definition) is 3. The first-order valence-corrected chi connectivity index (χ1v) is 7.86. The molecule has 0 N–H and O–H groups in total. The molecule has 4 rings (SSSR count). The second-order valence-electron chi connectivity index (χ2n) is 5.65. The van der Waals surface area contributed by atoms with Crippen molar-refractivity contribution in [1.82, 2.24) is 0 Å². The lowest BCUT2D eigenvalue weighted by atomic mass is 10.0. The topological polar surface area (TPSA) is 62.2 Å². The first-order valence-electron chi connectivity index (χ1n) is 7.86. The molecule has 0 unspecified atom stereocenters. The number of benzene rings is 3. The fourth-order valence-electron chi connectivity index (χ4n) is 2.90. The minimum Gasteiger partial charge on any atom is -0.618 e. The number of nitriles is 1. The van der Waals surface area contributed by atoms with E-state index in [0.29, 0.717) is 28.4 Å². The quantitative estimate of drug-likeness (QED) is 0.521. The summed E-state index contributed by atoms with van der Waals surface area (Å²) in [6.07, 6.45) is 0. The average Bonchev–Trinajstić information content (AvgIpc) is 2.95. The molecule has 0 bridgehead atoms. The van der Waals surface area contributed by atoms with Crippen molar-refractivity contribution in [3.05, 3.63) is 101 Å². The van der Waals surface area contributed by atoms with Gasteiger partial charge in [-0.3, -0.25) is 0 Å². The van der Waals surface area contributed by atoms with E-state index in [9.17, 15) is 5.21 Å². The molecule has 0 aromatic heterocycles. The van der Waals surface area contributed by atoms with E-state index in [1.807, 2.05) is 48.5 Å². The van der Waals surface area contributed by atoms with E-state index in [0.717, 1.165) is 15.9 Å². The number of para-hydroxylation sites is 1. The minimum atomic E-state index is 0.533. The summed E-state index contributed by atoms with van der Waals surface area (Å²) in [5.74, 6) is 0. The van der Waals surface area contributed by atoms with Crippen LogP contribution in [0.2, 0.25) is 0 Å². The molecule has 3 aromatic carbocycles. The van der Waals surface area contributed by atoms with E-state index >= 15 is 0 Å². The molecule has 4 heteroatoms. The van der Waals surface area contributed by atoms with Crippen LogP contribution in [0.5, 0.6) is 0 Å². The highest BCUT2D eigenvalue weighted by Gasteiger charge is 2.34. The summed E-state index contributed by atoms with van der Waals surface area (Å²) in [5, 5.41) is 21.8. The molecule has 0 amide bonds. The Bertz CT molecular complexity index is 1040. The Morgan fingerprint density at radius 2 is 1.52 bits per heavy atom. The Labute approximate surface area is 145 Å². The van der Waals surface area contributed by atoms with Crippen molar-refractivity contribution in [1.29, 1.82) is 5.26 Å². The van der Waals surface area contributed by atoms with Gasteiger partial charge in [0, 0.05) is 11.6 Å². The molecule has 1 heterocycles. The maximum Gasteiger partial charge on any atom is 0.251 e. The van der Waals surface area contributed by atoms with Crippen molar-refractivity contribution in [3.8, 4) is 6.07 Å². The Hall–Kier alpha value is -3.71. The molecule has 4 nitrogen and oxygen atoms in total. The molecule has 25 heavy (non-hydrogen) atoms. The fourth-order valence-corrected chi connectivity index (χ4v) is 2.90. The normalized spacial score (nSPS) is 14.4. The first kappa shape index (κ1) is 14.9. The molecule has 118 valence electrons. The van der Waals surface area contributed by atoms with E-state index in [-0.39, 0.29) is 0 Å². The van der Waals surface area contributed by atoms with Crippen molar-refractivity contribution in [2.24, 2.45) is 4.99 Å². The van der Waals surface area contributed by atoms with E-state index < -0.39 is 0 Å². The summed E-state index contributed by atoms with van der Waals surface area (Å²) in [6.45, 7) is 0. The van der Waals surface area contributed by atoms with Crippen LogP contribution in [0, 0.1) is 16.5 Å². The van der Waals surface area contributed by atoms with Gasteiger partial charge in [-0.25, -0.2) is 4.99 Å². The Morgan fingerprint density at radius 1 is 0.840 bits per heavy atom. The van der Waals surface area contributed by atoms with Gasteiger partial charge >= 0.3 is 0 Å². The summed E-state index contributed by atoms with van der Waals surface area (Å²) in [7, 11) is 0. The minimum absolute atomic E-state index is 0.533. The zero-order chi connectivity index (χ0) is 17.2. The zero-order valence-electron chi connectivity index (χ0n) is 13.3. The monoisotopic (exact) mass is 323 g/mol. The van der Waals surface area contributed by atoms with Crippen LogP contribution in [-0.4, -0.2) is 16.2 Å². The molecule has 0 saturated carbocycles. The number of nitrogens with zero attached hydrogens (tertiary/aromatic N) is 3. The van der Waals surface area contributed by atoms with Crippen molar-refractivity contribution < 1.29 is 4.74 Å². The molecule has 0 saturated heterocycles. The maximum atomic E-state index is 12.9. The third-order valence-electron chi connectivity index (χ3n) is 4.09. The van der Waals surface area contributed by atoms with Gasteiger partial charge in [0.05, 0.1) is 22.9 Å². The Morgan fingerprint density at radius 3 is 2.24 bits per heavy atom. The van der Waals surface area contributed by atoms with Gasteiger partial charge in [0.15, 0.2) is 5.71 Å². The van der Waals surface area contributed by atoms with Gasteiger partial charge in [-0.15, -0.1) is 0 Å². The van der Waals surface area contributed by atoms with Crippen molar-refractivity contribution >= 4 is 22.8 Å². The van der Waals surface area contributed by atoms with Crippen LogP contribution in [0.4, 0.5) is 11.4 Å². The molecule has 1 aliphatic rings. The summed E-state index contributed by atoms with van der Waals surface area (Å²) in [4.78, 5) is 4.71. The molecule has 0 atom stereocenters. The Kier molecular flexibility index (Phi) is 3.60.